The van der Waals surface area contributed by atoms with Gasteiger partial charge in [-0.15, -0.1) is 0 Å². The van der Waals surface area contributed by atoms with E-state index in [2.05, 4.69) is 10.6 Å². The van der Waals surface area contributed by atoms with Crippen molar-refractivity contribution < 1.29 is 4.79 Å². The van der Waals surface area contributed by atoms with Gasteiger partial charge in [-0.25, -0.2) is 0 Å². The highest BCUT2D eigenvalue weighted by atomic mass is 16.1. The molecule has 0 aliphatic rings. The van der Waals surface area contributed by atoms with Crippen LogP contribution >= 0.6 is 0 Å². The first-order chi connectivity index (χ1) is 7.13. The number of carbonyl (C=O) groups is 1. The Bertz CT molecular complexity index is 350. The predicted molar refractivity (Wildman–Crippen MR) is 62.8 cm³/mol. The normalized spacial score (nSPS) is 9.73. The van der Waals surface area contributed by atoms with E-state index in [1.807, 2.05) is 25.1 Å². The Hall–Kier alpha value is -1.71. The predicted octanol–water partition coefficient (Wildman–Crippen LogP) is 1.13. The van der Waals surface area contributed by atoms with Crippen LogP contribution in [0.4, 0.5) is 11.4 Å². The maximum atomic E-state index is 11.0. The summed E-state index contributed by atoms with van der Waals surface area (Å²) in [6.07, 6.45) is 0.473. The summed E-state index contributed by atoms with van der Waals surface area (Å²) in [5.74, 6) is 0.0376. The molecule has 0 fully saturated rings. The van der Waals surface area contributed by atoms with Crippen molar-refractivity contribution in [3.63, 3.8) is 0 Å². The molecule has 0 aliphatic carbocycles. The lowest BCUT2D eigenvalue weighted by Crippen LogP contribution is -2.20. The third kappa shape index (κ3) is 3.50. The van der Waals surface area contributed by atoms with Crippen molar-refractivity contribution >= 4 is 17.3 Å². The number of anilines is 2. The maximum absolute atomic E-state index is 11.0. The summed E-state index contributed by atoms with van der Waals surface area (Å²) in [4.78, 5) is 11.0. The molecule has 0 saturated heterocycles. The van der Waals surface area contributed by atoms with Gasteiger partial charge in [-0.1, -0.05) is 0 Å². The van der Waals surface area contributed by atoms with Crippen molar-refractivity contribution in [2.24, 2.45) is 0 Å². The van der Waals surface area contributed by atoms with E-state index in [-0.39, 0.29) is 5.91 Å². The highest BCUT2D eigenvalue weighted by Gasteiger charge is 2.00. The summed E-state index contributed by atoms with van der Waals surface area (Å²) in [6.45, 7) is 2.61. The lowest BCUT2D eigenvalue weighted by Gasteiger charge is -2.09. The molecule has 0 aromatic heterocycles. The van der Waals surface area contributed by atoms with Gasteiger partial charge < -0.3 is 16.4 Å². The van der Waals surface area contributed by atoms with Crippen LogP contribution in [0, 0.1) is 6.92 Å². The van der Waals surface area contributed by atoms with Crippen molar-refractivity contribution in [1.82, 2.24) is 5.32 Å². The molecular formula is C11H17N3O. The molecule has 4 heteroatoms. The third-order valence-corrected chi connectivity index (χ3v) is 2.20. The van der Waals surface area contributed by atoms with Crippen LogP contribution in [-0.2, 0) is 4.79 Å². The zero-order valence-electron chi connectivity index (χ0n) is 9.13. The van der Waals surface area contributed by atoms with Gasteiger partial charge in [0.25, 0.3) is 0 Å². The summed E-state index contributed by atoms with van der Waals surface area (Å²) >= 11 is 0. The Morgan fingerprint density at radius 2 is 2.20 bits per heavy atom. The molecule has 0 saturated carbocycles. The summed E-state index contributed by atoms with van der Waals surface area (Å²) in [5.41, 5.74) is 8.50. The summed E-state index contributed by atoms with van der Waals surface area (Å²) < 4.78 is 0. The van der Waals surface area contributed by atoms with Gasteiger partial charge in [0.2, 0.25) is 5.91 Å². The lowest BCUT2D eigenvalue weighted by molar-refractivity contribution is -0.120. The number of hydrogen-bond acceptors (Lipinski definition) is 3. The van der Waals surface area contributed by atoms with E-state index in [0.717, 1.165) is 16.9 Å². The van der Waals surface area contributed by atoms with Crippen molar-refractivity contribution in [2.45, 2.75) is 13.3 Å². The van der Waals surface area contributed by atoms with Crippen LogP contribution in [0.15, 0.2) is 18.2 Å². The minimum Gasteiger partial charge on any atom is -0.399 e. The van der Waals surface area contributed by atoms with E-state index >= 15 is 0 Å². The van der Waals surface area contributed by atoms with E-state index in [4.69, 9.17) is 5.73 Å². The van der Waals surface area contributed by atoms with Crippen molar-refractivity contribution in [3.8, 4) is 0 Å². The van der Waals surface area contributed by atoms with Gasteiger partial charge in [0.1, 0.15) is 0 Å². The summed E-state index contributed by atoms with van der Waals surface area (Å²) in [7, 11) is 1.64. The van der Waals surface area contributed by atoms with Crippen LogP contribution in [0.3, 0.4) is 0 Å². The molecule has 15 heavy (non-hydrogen) atoms. The molecule has 4 N–H and O–H groups in total. The molecule has 1 amide bonds. The van der Waals surface area contributed by atoms with Gasteiger partial charge in [-0.3, -0.25) is 4.79 Å². The molecule has 1 aromatic rings. The highest BCUT2D eigenvalue weighted by molar-refractivity contribution is 5.76. The second-order valence-corrected chi connectivity index (χ2v) is 3.42. The second-order valence-electron chi connectivity index (χ2n) is 3.42. The Kier molecular flexibility index (Phi) is 3.97. The Balaban J connectivity index is 2.47. The van der Waals surface area contributed by atoms with Gasteiger partial charge in [-0.2, -0.15) is 0 Å². The fourth-order valence-electron chi connectivity index (χ4n) is 1.32. The number of carbonyl (C=O) groups excluding carboxylic acids is 1. The van der Waals surface area contributed by atoms with Crippen molar-refractivity contribution in [2.75, 3.05) is 24.6 Å². The van der Waals surface area contributed by atoms with Crippen molar-refractivity contribution in [1.29, 1.82) is 0 Å². The second kappa shape index (κ2) is 5.24. The largest absolute Gasteiger partial charge is 0.399 e. The number of rotatable bonds is 4. The lowest BCUT2D eigenvalue weighted by atomic mass is 10.2. The molecule has 0 unspecified atom stereocenters. The van der Waals surface area contributed by atoms with Crippen LogP contribution in [0.1, 0.15) is 12.0 Å². The number of nitrogens with two attached hydrogens (primary N) is 1. The molecule has 0 spiro atoms. The van der Waals surface area contributed by atoms with Crippen LogP contribution in [0.5, 0.6) is 0 Å². The number of aryl methyl sites for hydroxylation is 1. The van der Waals surface area contributed by atoms with E-state index in [1.54, 1.807) is 7.05 Å². The number of amides is 1. The SMILES string of the molecule is CNC(=O)CCNc1ccc(N)cc1C. The number of benzene rings is 1. The summed E-state index contributed by atoms with van der Waals surface area (Å²) in [5, 5.41) is 5.77. The van der Waals surface area contributed by atoms with Crippen LogP contribution < -0.4 is 16.4 Å². The quantitative estimate of drug-likeness (QED) is 0.648. The monoisotopic (exact) mass is 207 g/mol. The van der Waals surface area contributed by atoms with Gasteiger partial charge >= 0.3 is 0 Å². The Labute approximate surface area is 89.9 Å². The first-order valence-electron chi connectivity index (χ1n) is 4.94. The standard InChI is InChI=1S/C11H17N3O/c1-8-7-9(12)3-4-10(8)14-6-5-11(15)13-2/h3-4,7,14H,5-6,12H2,1-2H3,(H,13,15). The van der Waals surface area contributed by atoms with Gasteiger partial charge in [0.05, 0.1) is 0 Å². The first-order valence-corrected chi connectivity index (χ1v) is 4.94. The zero-order valence-corrected chi connectivity index (χ0v) is 9.13. The molecule has 0 heterocycles. The Morgan fingerprint density at radius 1 is 1.47 bits per heavy atom. The first kappa shape index (κ1) is 11.4. The molecular weight excluding hydrogens is 190 g/mol. The van der Waals surface area contributed by atoms with Crippen molar-refractivity contribution in [3.05, 3.63) is 23.8 Å². The minimum atomic E-state index is 0.0376. The maximum Gasteiger partial charge on any atom is 0.221 e. The number of nitrogen functional groups attached to an aromatic ring is 1. The van der Waals surface area contributed by atoms with Gasteiger partial charge in [-0.05, 0) is 30.7 Å². The molecule has 0 bridgehead atoms. The van der Waals surface area contributed by atoms with E-state index < -0.39 is 0 Å². The zero-order chi connectivity index (χ0) is 11.3. The Morgan fingerprint density at radius 3 is 2.80 bits per heavy atom. The molecule has 1 rings (SSSR count). The van der Waals surface area contributed by atoms with E-state index in [9.17, 15) is 4.79 Å². The van der Waals surface area contributed by atoms with Crippen LogP contribution in [-0.4, -0.2) is 19.5 Å². The fourth-order valence-corrected chi connectivity index (χ4v) is 1.32. The number of nitrogens with one attached hydrogen (secondary N) is 2. The average molecular weight is 207 g/mol. The van der Waals surface area contributed by atoms with E-state index in [1.165, 1.54) is 0 Å². The molecule has 0 aliphatic heterocycles. The number of hydrogen-bond donors (Lipinski definition) is 3. The van der Waals surface area contributed by atoms with Gasteiger partial charge in [0.15, 0.2) is 0 Å². The van der Waals surface area contributed by atoms with Crippen LogP contribution in [0.25, 0.3) is 0 Å². The molecule has 1 aromatic carbocycles. The average Bonchev–Trinajstić information content (AvgIpc) is 2.21. The smallest absolute Gasteiger partial charge is 0.221 e. The molecule has 0 radical (unpaired) electrons. The molecule has 0 atom stereocenters. The summed E-state index contributed by atoms with van der Waals surface area (Å²) in [6, 6.07) is 5.67. The van der Waals surface area contributed by atoms with E-state index in [0.29, 0.717) is 13.0 Å². The minimum absolute atomic E-state index is 0.0376. The third-order valence-electron chi connectivity index (χ3n) is 2.20. The topological polar surface area (TPSA) is 67.2 Å². The molecule has 82 valence electrons. The highest BCUT2D eigenvalue weighted by Crippen LogP contribution is 2.17. The van der Waals surface area contributed by atoms with Gasteiger partial charge in [0, 0.05) is 31.4 Å². The van der Waals surface area contributed by atoms with Crippen LogP contribution in [0.2, 0.25) is 0 Å². The molecule has 4 nitrogen and oxygen atoms in total. The fraction of sp³-hybridized carbons (Fsp3) is 0.364.